The van der Waals surface area contributed by atoms with Crippen LogP contribution in [0.4, 0.5) is 5.88 Å². The zero-order valence-corrected chi connectivity index (χ0v) is 7.10. The van der Waals surface area contributed by atoms with Crippen LogP contribution in [0.15, 0.2) is 35.0 Å². The normalized spacial score (nSPS) is 8.08. The first-order chi connectivity index (χ1) is 6.07. The Bertz CT molecular complexity index is 289. The van der Waals surface area contributed by atoms with Crippen molar-refractivity contribution >= 4 is 12.2 Å². The van der Waals surface area contributed by atoms with E-state index in [9.17, 15) is 14.9 Å². The molecule has 1 aromatic rings. The topological polar surface area (TPSA) is 73.3 Å². The molecule has 0 spiro atoms. The highest BCUT2D eigenvalue weighted by atomic mass is 16.6. The first kappa shape index (κ1) is 11.1. The number of carbonyl (C=O) groups is 1. The minimum atomic E-state index is -0.583. The van der Waals surface area contributed by atoms with Crippen LogP contribution in [-0.2, 0) is 4.79 Å². The summed E-state index contributed by atoms with van der Waals surface area (Å²) in [5.74, 6) is -0.218. The fourth-order valence-corrected chi connectivity index (χ4v) is 0.374. The van der Waals surface area contributed by atoms with Crippen LogP contribution in [0.1, 0.15) is 6.92 Å². The highest BCUT2D eigenvalue weighted by Gasteiger charge is 2.04. The van der Waals surface area contributed by atoms with Crippen molar-refractivity contribution in [2.24, 2.45) is 0 Å². The molecule has 0 fully saturated rings. The van der Waals surface area contributed by atoms with Crippen LogP contribution >= 0.6 is 0 Å². The molecule has 0 amide bonds. The largest absolute Gasteiger partial charge is 0.432 e. The second-order valence-corrected chi connectivity index (χ2v) is 2.17. The van der Waals surface area contributed by atoms with E-state index in [1.165, 1.54) is 18.4 Å². The number of rotatable bonds is 2. The summed E-state index contributed by atoms with van der Waals surface area (Å²) in [5.41, 5.74) is 0.574. The third kappa shape index (κ3) is 5.37. The Morgan fingerprint density at radius 1 is 1.77 bits per heavy atom. The van der Waals surface area contributed by atoms with Crippen LogP contribution in [0, 0.1) is 10.1 Å². The Morgan fingerprint density at radius 3 is 2.46 bits per heavy atom. The molecule has 13 heavy (non-hydrogen) atoms. The highest BCUT2D eigenvalue weighted by Crippen LogP contribution is 2.08. The van der Waals surface area contributed by atoms with Crippen LogP contribution < -0.4 is 0 Å². The van der Waals surface area contributed by atoms with Crippen LogP contribution in [-0.4, -0.2) is 11.2 Å². The molecule has 0 bridgehead atoms. The molecule has 0 aliphatic heterocycles. The molecule has 0 aliphatic carbocycles. The lowest BCUT2D eigenvalue weighted by atomic mass is 10.4. The molecule has 0 atom stereocenters. The summed E-state index contributed by atoms with van der Waals surface area (Å²) < 4.78 is 4.40. The molecule has 0 aromatic carbocycles. The number of allylic oxidation sites excluding steroid dienone is 1. The van der Waals surface area contributed by atoms with Gasteiger partial charge < -0.3 is 4.42 Å². The van der Waals surface area contributed by atoms with Crippen LogP contribution in [0.3, 0.4) is 0 Å². The third-order valence-electron chi connectivity index (χ3n) is 0.887. The van der Waals surface area contributed by atoms with E-state index >= 15 is 0 Å². The van der Waals surface area contributed by atoms with E-state index < -0.39 is 4.92 Å². The number of hydrogen-bond acceptors (Lipinski definition) is 4. The van der Waals surface area contributed by atoms with E-state index in [0.717, 1.165) is 6.29 Å². The Morgan fingerprint density at radius 2 is 2.31 bits per heavy atom. The van der Waals surface area contributed by atoms with Gasteiger partial charge in [0, 0.05) is 0 Å². The molecule has 1 rings (SSSR count). The van der Waals surface area contributed by atoms with Crippen molar-refractivity contribution in [1.29, 1.82) is 0 Å². The van der Waals surface area contributed by atoms with Crippen molar-refractivity contribution in [3.63, 3.8) is 0 Å². The van der Waals surface area contributed by atoms with Crippen molar-refractivity contribution in [2.45, 2.75) is 6.92 Å². The maximum absolute atomic E-state index is 9.77. The second-order valence-electron chi connectivity index (χ2n) is 2.17. The number of hydrogen-bond donors (Lipinski definition) is 0. The highest BCUT2D eigenvalue weighted by molar-refractivity contribution is 5.70. The molecule has 0 radical (unpaired) electrons. The molecule has 0 saturated carbocycles. The number of nitrogens with zero attached hydrogens (tertiary/aromatic N) is 1. The molecule has 0 N–H and O–H groups in total. The number of nitro groups is 1. The molecule has 70 valence electrons. The summed E-state index contributed by atoms with van der Waals surface area (Å²) in [6.07, 6.45) is 1.98. The van der Waals surface area contributed by atoms with Gasteiger partial charge in [-0.3, -0.25) is 14.9 Å². The lowest BCUT2D eigenvalue weighted by Gasteiger charge is -1.76. The maximum atomic E-state index is 9.77. The zero-order chi connectivity index (χ0) is 10.3. The third-order valence-corrected chi connectivity index (χ3v) is 0.887. The van der Waals surface area contributed by atoms with Crippen LogP contribution in [0.2, 0.25) is 0 Å². The van der Waals surface area contributed by atoms with Gasteiger partial charge in [-0.15, -0.1) is 0 Å². The van der Waals surface area contributed by atoms with Crippen LogP contribution in [0.5, 0.6) is 0 Å². The Balaban J connectivity index is 0.000000252. The minimum Gasteiger partial charge on any atom is -0.409 e. The summed E-state index contributed by atoms with van der Waals surface area (Å²) in [4.78, 5) is 18.6. The van der Waals surface area contributed by atoms with Crippen molar-refractivity contribution in [3.05, 3.63) is 40.7 Å². The zero-order valence-electron chi connectivity index (χ0n) is 7.10. The average Bonchev–Trinajstić information content (AvgIpc) is 2.57. The predicted molar refractivity (Wildman–Crippen MR) is 46.2 cm³/mol. The fraction of sp³-hybridized carbons (Fsp3) is 0.125. The second kappa shape index (κ2) is 5.70. The van der Waals surface area contributed by atoms with Gasteiger partial charge in [0.2, 0.25) is 0 Å². The van der Waals surface area contributed by atoms with Gasteiger partial charge in [-0.05, 0) is 18.6 Å². The fourth-order valence-electron chi connectivity index (χ4n) is 0.374. The summed E-state index contributed by atoms with van der Waals surface area (Å²) in [5, 5.41) is 9.77. The number of aldehydes is 1. The first-order valence-electron chi connectivity index (χ1n) is 3.36. The standard InChI is InChI=1S/C4H3NO3.C4H6O/c6-5(7)4-2-1-3-8-4;1-4(2)3-5/h1-3H;3H,1H2,2H3. The summed E-state index contributed by atoms with van der Waals surface area (Å²) in [6, 6.07) is 2.76. The van der Waals surface area contributed by atoms with E-state index in [-0.39, 0.29) is 5.88 Å². The smallest absolute Gasteiger partial charge is 0.409 e. The van der Waals surface area contributed by atoms with Gasteiger partial charge in [-0.25, -0.2) is 0 Å². The van der Waals surface area contributed by atoms with Crippen molar-refractivity contribution < 1.29 is 14.1 Å². The molecule has 0 unspecified atom stereocenters. The Labute approximate surface area is 74.8 Å². The lowest BCUT2D eigenvalue weighted by Crippen LogP contribution is -1.81. The lowest BCUT2D eigenvalue weighted by molar-refractivity contribution is -0.402. The molecule has 5 heteroatoms. The van der Waals surface area contributed by atoms with Gasteiger partial charge in [0.25, 0.3) is 0 Å². The average molecular weight is 183 g/mol. The molecule has 0 aliphatic rings. The Hall–Kier alpha value is -1.91. The van der Waals surface area contributed by atoms with Gasteiger partial charge in [-0.2, -0.15) is 0 Å². The summed E-state index contributed by atoms with van der Waals surface area (Å²) in [6.45, 7) is 4.97. The molecule has 1 aromatic heterocycles. The number of carbonyl (C=O) groups excluding carboxylic acids is 1. The molecule has 5 nitrogen and oxygen atoms in total. The first-order valence-corrected chi connectivity index (χ1v) is 3.36. The van der Waals surface area contributed by atoms with E-state index in [0.29, 0.717) is 5.57 Å². The predicted octanol–water partition coefficient (Wildman–Crippen LogP) is 1.95. The Kier molecular flexibility index (Phi) is 4.87. The molecule has 0 saturated heterocycles. The van der Waals surface area contributed by atoms with E-state index in [1.807, 2.05) is 0 Å². The van der Waals surface area contributed by atoms with Gasteiger partial charge in [-0.1, -0.05) is 6.58 Å². The minimum absolute atomic E-state index is 0.218. The van der Waals surface area contributed by atoms with Crippen molar-refractivity contribution in [2.75, 3.05) is 0 Å². The van der Waals surface area contributed by atoms with Gasteiger partial charge in [0.05, 0.1) is 12.3 Å². The molecule has 1 heterocycles. The monoisotopic (exact) mass is 183 g/mol. The summed E-state index contributed by atoms with van der Waals surface area (Å²) >= 11 is 0. The number of furan rings is 1. The molecular formula is C8H9NO4. The van der Waals surface area contributed by atoms with E-state index in [4.69, 9.17) is 0 Å². The maximum Gasteiger partial charge on any atom is 0.432 e. The quantitative estimate of drug-likeness (QED) is 0.304. The van der Waals surface area contributed by atoms with Crippen molar-refractivity contribution in [1.82, 2.24) is 0 Å². The van der Waals surface area contributed by atoms with Gasteiger partial charge in [0.15, 0.2) is 0 Å². The molecular weight excluding hydrogens is 174 g/mol. The van der Waals surface area contributed by atoms with E-state index in [2.05, 4.69) is 11.0 Å². The van der Waals surface area contributed by atoms with Gasteiger partial charge in [0.1, 0.15) is 11.2 Å². The van der Waals surface area contributed by atoms with Gasteiger partial charge >= 0.3 is 5.88 Å². The van der Waals surface area contributed by atoms with Crippen molar-refractivity contribution in [3.8, 4) is 0 Å². The SMILES string of the molecule is C=C(C)C=O.O=[N+]([O-])c1ccco1. The van der Waals surface area contributed by atoms with E-state index in [1.54, 1.807) is 6.92 Å². The van der Waals surface area contributed by atoms with Crippen LogP contribution in [0.25, 0.3) is 0 Å². The summed E-state index contributed by atoms with van der Waals surface area (Å²) in [7, 11) is 0.